The molecule has 2 N–H and O–H groups in total. The predicted octanol–water partition coefficient (Wildman–Crippen LogP) is 0.354. The summed E-state index contributed by atoms with van der Waals surface area (Å²) in [7, 11) is 3.13. The zero-order chi connectivity index (χ0) is 21.2. The van der Waals surface area contributed by atoms with E-state index in [-0.39, 0.29) is 41.4 Å². The fourth-order valence-corrected chi connectivity index (χ4v) is 5.89. The number of fused-ring (bicyclic) bond motifs is 8. The Morgan fingerprint density at radius 2 is 1.83 bits per heavy atom. The molecule has 0 spiro atoms. The number of oxime groups is 1. The Morgan fingerprint density at radius 1 is 1.13 bits per heavy atom. The molecule has 2 heterocycles. The van der Waals surface area contributed by atoms with E-state index < -0.39 is 17.7 Å². The molecule has 0 unspecified atom stereocenters. The maximum atomic E-state index is 13.2. The largest absolute Gasteiger partial charge is 0.493 e. The van der Waals surface area contributed by atoms with Gasteiger partial charge < -0.3 is 20.0 Å². The quantitative estimate of drug-likeness (QED) is 0.672. The van der Waals surface area contributed by atoms with Crippen molar-refractivity contribution in [3.8, 4) is 11.5 Å². The molecule has 1 aromatic rings. The van der Waals surface area contributed by atoms with Gasteiger partial charge >= 0.3 is 0 Å². The number of imide groups is 1. The number of nitrogens with zero attached hydrogens (tertiary/aromatic N) is 2. The van der Waals surface area contributed by atoms with Gasteiger partial charge in [0.15, 0.2) is 17.2 Å². The first-order valence-electron chi connectivity index (χ1n) is 10.1. The topological polar surface area (TPSA) is 121 Å². The third-order valence-electron chi connectivity index (χ3n) is 7.11. The number of ether oxygens (including phenoxy) is 2. The number of hydrogen-bond donors (Lipinski definition) is 1. The molecule has 30 heavy (non-hydrogen) atoms. The number of carbonyl (C=O) groups excluding carboxylic acids is 3. The van der Waals surface area contributed by atoms with E-state index in [1.54, 1.807) is 20.3 Å². The summed E-state index contributed by atoms with van der Waals surface area (Å²) in [5.74, 6) is -1.01. The SMILES string of the molecule is COc1ccc(CCN2C(=O)[C@@H]3[C@H]4C[C@H]([C@H]5ON=C(C(N)=O)[C@H]45)[C@@H]3C2=O)cc1OC. The van der Waals surface area contributed by atoms with Crippen LogP contribution in [0.2, 0.25) is 0 Å². The molecule has 2 aliphatic heterocycles. The second kappa shape index (κ2) is 6.72. The molecule has 9 nitrogen and oxygen atoms in total. The minimum absolute atomic E-state index is 0.104. The van der Waals surface area contributed by atoms with E-state index in [0.717, 1.165) is 5.56 Å². The van der Waals surface area contributed by atoms with E-state index in [4.69, 9.17) is 20.0 Å². The van der Waals surface area contributed by atoms with Gasteiger partial charge in [-0.3, -0.25) is 19.3 Å². The van der Waals surface area contributed by atoms with Crippen molar-refractivity contribution in [1.29, 1.82) is 0 Å². The molecule has 9 heteroatoms. The van der Waals surface area contributed by atoms with Crippen molar-refractivity contribution >= 4 is 23.4 Å². The summed E-state index contributed by atoms with van der Waals surface area (Å²) < 4.78 is 10.6. The van der Waals surface area contributed by atoms with E-state index in [2.05, 4.69) is 5.16 Å². The van der Waals surface area contributed by atoms with Gasteiger partial charge in [0.25, 0.3) is 5.91 Å². The van der Waals surface area contributed by atoms with Crippen molar-refractivity contribution in [2.45, 2.75) is 18.9 Å². The molecule has 2 aliphatic carbocycles. The first kappa shape index (κ1) is 18.9. The van der Waals surface area contributed by atoms with Crippen LogP contribution in [-0.4, -0.2) is 55.2 Å². The lowest BCUT2D eigenvalue weighted by Crippen LogP contribution is -2.43. The highest BCUT2D eigenvalue weighted by Crippen LogP contribution is 2.61. The molecule has 2 saturated carbocycles. The number of carbonyl (C=O) groups is 3. The summed E-state index contributed by atoms with van der Waals surface area (Å²) >= 11 is 0. The second-order valence-corrected chi connectivity index (χ2v) is 8.32. The second-order valence-electron chi connectivity index (χ2n) is 8.32. The summed E-state index contributed by atoms with van der Waals surface area (Å²) in [6, 6.07) is 5.55. The highest BCUT2D eigenvalue weighted by molar-refractivity contribution is 6.39. The van der Waals surface area contributed by atoms with Crippen molar-refractivity contribution in [3.63, 3.8) is 0 Å². The van der Waals surface area contributed by atoms with Crippen molar-refractivity contribution in [1.82, 2.24) is 4.90 Å². The predicted molar refractivity (Wildman–Crippen MR) is 104 cm³/mol. The van der Waals surface area contributed by atoms with Crippen molar-refractivity contribution in [2.75, 3.05) is 20.8 Å². The number of hydrogen-bond acceptors (Lipinski definition) is 7. The molecule has 6 atom stereocenters. The minimum atomic E-state index is -0.617. The zero-order valence-electron chi connectivity index (χ0n) is 16.7. The smallest absolute Gasteiger partial charge is 0.266 e. The van der Waals surface area contributed by atoms with Crippen molar-refractivity contribution in [3.05, 3.63) is 23.8 Å². The average Bonchev–Trinajstić information content (AvgIpc) is 3.47. The van der Waals surface area contributed by atoms with Crippen molar-refractivity contribution in [2.24, 2.45) is 40.5 Å². The Bertz CT molecular complexity index is 975. The summed E-state index contributed by atoms with van der Waals surface area (Å²) in [6.07, 6.45) is 0.878. The molecule has 3 amide bonds. The van der Waals surface area contributed by atoms with Crippen LogP contribution in [0.4, 0.5) is 0 Å². The van der Waals surface area contributed by atoms with Crippen molar-refractivity contribution < 1.29 is 28.7 Å². The first-order valence-corrected chi connectivity index (χ1v) is 10.1. The van der Waals surface area contributed by atoms with Crippen LogP contribution in [0, 0.1) is 29.6 Å². The van der Waals surface area contributed by atoms with Crippen LogP contribution in [0.25, 0.3) is 0 Å². The van der Waals surface area contributed by atoms with E-state index in [0.29, 0.717) is 30.9 Å². The normalized spacial score (nSPS) is 33.3. The summed E-state index contributed by atoms with van der Waals surface area (Å²) in [5, 5.41) is 3.85. The molecule has 1 saturated heterocycles. The standard InChI is InChI=1S/C21H23N3O6/c1-28-12-4-3-9(7-13(12)29-2)5-6-24-20(26)14-10-8-11(15(14)21(24)27)18-16(10)17(19(22)25)23-30-18/h3-4,7,10-11,14-16,18H,5-6,8H2,1-2H3,(H2,22,25)/t10-,11+,14-,15+,16+,18-/m1/s1. The molecular weight excluding hydrogens is 390 g/mol. The van der Waals surface area contributed by atoms with Crippen LogP contribution < -0.4 is 15.2 Å². The lowest BCUT2D eigenvalue weighted by molar-refractivity contribution is -0.141. The van der Waals surface area contributed by atoms with Gasteiger partial charge in [-0.15, -0.1) is 0 Å². The Morgan fingerprint density at radius 3 is 2.50 bits per heavy atom. The Hall–Kier alpha value is -3.10. The van der Waals surface area contributed by atoms with Gasteiger partial charge in [0.1, 0.15) is 6.10 Å². The monoisotopic (exact) mass is 413 g/mol. The van der Waals surface area contributed by atoms with Gasteiger partial charge in [0, 0.05) is 12.5 Å². The molecule has 158 valence electrons. The van der Waals surface area contributed by atoms with Crippen LogP contribution in [0.5, 0.6) is 11.5 Å². The number of amides is 3. The lowest BCUT2D eigenvalue weighted by Gasteiger charge is -2.29. The molecule has 0 aromatic heterocycles. The van der Waals surface area contributed by atoms with Crippen LogP contribution in [0.3, 0.4) is 0 Å². The fraction of sp³-hybridized carbons (Fsp3) is 0.524. The zero-order valence-corrected chi connectivity index (χ0v) is 16.7. The Labute approximate surface area is 173 Å². The van der Waals surface area contributed by atoms with Gasteiger partial charge in [0.05, 0.1) is 32.0 Å². The minimum Gasteiger partial charge on any atom is -0.493 e. The van der Waals surface area contributed by atoms with Gasteiger partial charge in [-0.1, -0.05) is 11.2 Å². The summed E-state index contributed by atoms with van der Waals surface area (Å²) in [5.41, 5.74) is 6.58. The molecule has 3 fully saturated rings. The van der Waals surface area contributed by atoms with Crippen LogP contribution in [0.15, 0.2) is 23.4 Å². The fourth-order valence-electron chi connectivity index (χ4n) is 5.89. The van der Waals surface area contributed by atoms with E-state index >= 15 is 0 Å². The molecule has 2 bridgehead atoms. The third-order valence-corrected chi connectivity index (χ3v) is 7.11. The summed E-state index contributed by atoms with van der Waals surface area (Å²) in [6.45, 7) is 0.298. The molecule has 1 aromatic carbocycles. The average molecular weight is 413 g/mol. The van der Waals surface area contributed by atoms with E-state index in [9.17, 15) is 14.4 Å². The molecule has 5 rings (SSSR count). The van der Waals surface area contributed by atoms with E-state index in [1.807, 2.05) is 12.1 Å². The Balaban J connectivity index is 1.33. The number of rotatable bonds is 6. The van der Waals surface area contributed by atoms with Crippen LogP contribution >= 0.6 is 0 Å². The molecule has 4 aliphatic rings. The number of primary amides is 1. The number of likely N-dealkylation sites (tertiary alicyclic amines) is 1. The number of benzene rings is 1. The summed E-state index contributed by atoms with van der Waals surface area (Å²) in [4.78, 5) is 44.8. The van der Waals surface area contributed by atoms with Crippen LogP contribution in [-0.2, 0) is 25.6 Å². The molecular formula is C21H23N3O6. The van der Waals surface area contributed by atoms with Gasteiger partial charge in [0.2, 0.25) is 11.8 Å². The first-order chi connectivity index (χ1) is 14.5. The third kappa shape index (κ3) is 2.47. The number of methoxy groups -OCH3 is 2. The number of nitrogens with two attached hydrogens (primary N) is 1. The van der Waals surface area contributed by atoms with Crippen LogP contribution in [0.1, 0.15) is 12.0 Å². The Kier molecular flexibility index (Phi) is 4.23. The highest BCUT2D eigenvalue weighted by atomic mass is 16.6. The van der Waals surface area contributed by atoms with Gasteiger partial charge in [-0.25, -0.2) is 0 Å². The van der Waals surface area contributed by atoms with Gasteiger partial charge in [-0.2, -0.15) is 0 Å². The lowest BCUT2D eigenvalue weighted by atomic mass is 9.72. The highest BCUT2D eigenvalue weighted by Gasteiger charge is 2.70. The molecule has 0 radical (unpaired) electrons. The maximum absolute atomic E-state index is 13.2. The van der Waals surface area contributed by atoms with Gasteiger partial charge in [-0.05, 0) is 36.5 Å². The maximum Gasteiger partial charge on any atom is 0.266 e. The van der Waals surface area contributed by atoms with E-state index in [1.165, 1.54) is 4.90 Å².